The number of nitrogens with one attached hydrogen (secondary N) is 1. The van der Waals surface area contributed by atoms with Gasteiger partial charge in [-0.25, -0.2) is 4.79 Å². The molecule has 0 bridgehead atoms. The van der Waals surface area contributed by atoms with E-state index in [2.05, 4.69) is 25.2 Å². The number of hydrogen-bond acceptors (Lipinski definition) is 2. The number of hydrogen-bond donors (Lipinski definition) is 2. The zero-order chi connectivity index (χ0) is 15.1. The van der Waals surface area contributed by atoms with E-state index in [-0.39, 0.29) is 12.1 Å². The van der Waals surface area contributed by atoms with Crippen LogP contribution in [0.25, 0.3) is 0 Å². The van der Waals surface area contributed by atoms with Gasteiger partial charge in [0.1, 0.15) is 0 Å². The highest BCUT2D eigenvalue weighted by molar-refractivity contribution is 5.76. The van der Waals surface area contributed by atoms with Gasteiger partial charge < -0.3 is 15.3 Å². The third kappa shape index (κ3) is 5.63. The first-order valence-electron chi connectivity index (χ1n) is 7.31. The van der Waals surface area contributed by atoms with E-state index < -0.39 is 11.9 Å². The molecule has 2 N–H and O–H groups in total. The Kier molecular flexibility index (Phi) is 6.55. The Morgan fingerprint density at radius 2 is 2.15 bits per heavy atom. The number of carboxylic acids is 1. The Morgan fingerprint density at radius 3 is 2.75 bits per heavy atom. The minimum absolute atomic E-state index is 0.100. The van der Waals surface area contributed by atoms with Crippen molar-refractivity contribution in [3.63, 3.8) is 0 Å². The van der Waals surface area contributed by atoms with Crippen molar-refractivity contribution in [1.29, 1.82) is 0 Å². The Balaban J connectivity index is 2.37. The molecule has 1 fully saturated rings. The largest absolute Gasteiger partial charge is 0.481 e. The molecule has 0 aromatic rings. The third-order valence-corrected chi connectivity index (χ3v) is 3.58. The first-order valence-corrected chi connectivity index (χ1v) is 7.31. The van der Waals surface area contributed by atoms with Crippen LogP contribution in [-0.4, -0.2) is 41.1 Å². The normalized spacial score (nSPS) is 20.1. The molecule has 114 valence electrons. The van der Waals surface area contributed by atoms with Gasteiger partial charge in [0, 0.05) is 19.1 Å². The summed E-state index contributed by atoms with van der Waals surface area (Å²) in [6, 6.07) is -0.0380. The van der Waals surface area contributed by atoms with Gasteiger partial charge in [-0.2, -0.15) is 0 Å². The number of amides is 2. The summed E-state index contributed by atoms with van der Waals surface area (Å²) >= 11 is 0. The average Bonchev–Trinajstić information content (AvgIpc) is 2.38. The fourth-order valence-electron chi connectivity index (χ4n) is 2.36. The molecule has 1 rings (SSSR count). The number of rotatable bonds is 5. The van der Waals surface area contributed by atoms with Gasteiger partial charge in [-0.05, 0) is 46.5 Å². The fraction of sp³-hybridized carbons (Fsp3) is 0.733. The van der Waals surface area contributed by atoms with Gasteiger partial charge >= 0.3 is 12.0 Å². The second kappa shape index (κ2) is 7.92. The number of urea groups is 1. The van der Waals surface area contributed by atoms with Crippen LogP contribution < -0.4 is 5.32 Å². The van der Waals surface area contributed by atoms with Crippen molar-refractivity contribution in [3.05, 3.63) is 11.6 Å². The van der Waals surface area contributed by atoms with E-state index in [9.17, 15) is 9.59 Å². The molecule has 2 unspecified atom stereocenters. The van der Waals surface area contributed by atoms with Gasteiger partial charge in [0.2, 0.25) is 0 Å². The van der Waals surface area contributed by atoms with E-state index in [1.165, 1.54) is 5.57 Å². The number of nitrogens with zero attached hydrogens (tertiary/aromatic N) is 1. The highest BCUT2D eigenvalue weighted by Gasteiger charge is 2.28. The molecular weight excluding hydrogens is 256 g/mol. The number of carbonyl (C=O) groups is 2. The molecule has 20 heavy (non-hydrogen) atoms. The van der Waals surface area contributed by atoms with Crippen molar-refractivity contribution in [1.82, 2.24) is 10.2 Å². The van der Waals surface area contributed by atoms with Crippen LogP contribution in [-0.2, 0) is 4.79 Å². The molecule has 1 heterocycles. The molecule has 0 spiro atoms. The van der Waals surface area contributed by atoms with Crippen LogP contribution >= 0.6 is 0 Å². The predicted octanol–water partition coefficient (Wildman–Crippen LogP) is 2.63. The van der Waals surface area contributed by atoms with Gasteiger partial charge in [-0.3, -0.25) is 4.79 Å². The molecule has 1 aliphatic heterocycles. The molecule has 0 aromatic carbocycles. The van der Waals surface area contributed by atoms with Crippen molar-refractivity contribution >= 4 is 12.0 Å². The first kappa shape index (κ1) is 16.5. The second-order valence-corrected chi connectivity index (χ2v) is 5.83. The molecule has 2 amide bonds. The van der Waals surface area contributed by atoms with Crippen molar-refractivity contribution in [3.8, 4) is 0 Å². The lowest BCUT2D eigenvalue weighted by atomic mass is 9.99. The van der Waals surface area contributed by atoms with Crippen molar-refractivity contribution in [2.24, 2.45) is 5.92 Å². The van der Waals surface area contributed by atoms with Crippen molar-refractivity contribution in [2.45, 2.75) is 52.5 Å². The SMILES string of the molecule is CC(C)=CCCC(C)NC(=O)N1CCCC(C(=O)O)C1. The van der Waals surface area contributed by atoms with E-state index in [4.69, 9.17) is 5.11 Å². The minimum atomic E-state index is -0.806. The molecule has 1 aliphatic rings. The average molecular weight is 282 g/mol. The number of allylic oxidation sites excluding steroid dienone is 2. The van der Waals surface area contributed by atoms with Crippen LogP contribution in [0.1, 0.15) is 46.5 Å². The monoisotopic (exact) mass is 282 g/mol. The van der Waals surface area contributed by atoms with Crippen molar-refractivity contribution in [2.75, 3.05) is 13.1 Å². The molecule has 0 aliphatic carbocycles. The molecule has 5 nitrogen and oxygen atoms in total. The second-order valence-electron chi connectivity index (χ2n) is 5.83. The lowest BCUT2D eigenvalue weighted by Gasteiger charge is -2.31. The van der Waals surface area contributed by atoms with Gasteiger partial charge in [-0.15, -0.1) is 0 Å². The topological polar surface area (TPSA) is 69.6 Å². The summed E-state index contributed by atoms with van der Waals surface area (Å²) in [5.74, 6) is -1.23. The van der Waals surface area contributed by atoms with Gasteiger partial charge in [0.15, 0.2) is 0 Å². The van der Waals surface area contributed by atoms with Crippen molar-refractivity contribution < 1.29 is 14.7 Å². The molecule has 0 aromatic heterocycles. The fourth-order valence-corrected chi connectivity index (χ4v) is 2.36. The number of aliphatic carboxylic acids is 1. The van der Waals surface area contributed by atoms with Gasteiger partial charge in [-0.1, -0.05) is 11.6 Å². The number of likely N-dealkylation sites (tertiary alicyclic amines) is 1. The summed E-state index contributed by atoms with van der Waals surface area (Å²) in [5, 5.41) is 12.0. The predicted molar refractivity (Wildman–Crippen MR) is 78.6 cm³/mol. The lowest BCUT2D eigenvalue weighted by Crippen LogP contribution is -2.49. The maximum absolute atomic E-state index is 12.1. The first-order chi connectivity index (χ1) is 9.40. The summed E-state index contributed by atoms with van der Waals surface area (Å²) in [5.41, 5.74) is 1.28. The molecule has 2 atom stereocenters. The van der Waals surface area contributed by atoms with E-state index in [1.54, 1.807) is 4.90 Å². The van der Waals surface area contributed by atoms with Gasteiger partial charge in [0.05, 0.1) is 5.92 Å². The maximum Gasteiger partial charge on any atom is 0.317 e. The zero-order valence-corrected chi connectivity index (χ0v) is 12.7. The molecular formula is C15H26N2O3. The summed E-state index contributed by atoms with van der Waals surface area (Å²) in [6.45, 7) is 7.07. The summed E-state index contributed by atoms with van der Waals surface area (Å²) < 4.78 is 0. The molecule has 0 radical (unpaired) electrons. The highest BCUT2D eigenvalue weighted by Crippen LogP contribution is 2.16. The van der Waals surface area contributed by atoms with Crippen LogP contribution in [0, 0.1) is 5.92 Å². The highest BCUT2D eigenvalue weighted by atomic mass is 16.4. The quantitative estimate of drug-likeness (QED) is 0.762. The zero-order valence-electron chi connectivity index (χ0n) is 12.7. The van der Waals surface area contributed by atoms with Crippen LogP contribution in [0.3, 0.4) is 0 Å². The number of piperidine rings is 1. The van der Waals surface area contributed by atoms with E-state index in [0.29, 0.717) is 19.5 Å². The molecule has 5 heteroatoms. The standard InChI is InChI=1S/C15H26N2O3/c1-11(2)6-4-7-12(3)16-15(20)17-9-5-8-13(10-17)14(18)19/h6,12-13H,4-5,7-10H2,1-3H3,(H,16,20)(H,18,19). The van der Waals surface area contributed by atoms with Crippen LogP contribution in [0.15, 0.2) is 11.6 Å². The Bertz CT molecular complexity index is 375. The van der Waals surface area contributed by atoms with Crippen LogP contribution in [0.2, 0.25) is 0 Å². The summed E-state index contributed by atoms with van der Waals surface area (Å²) in [7, 11) is 0. The molecule has 0 saturated carbocycles. The number of carbonyl (C=O) groups excluding carboxylic acids is 1. The minimum Gasteiger partial charge on any atom is -0.481 e. The maximum atomic E-state index is 12.1. The van der Waals surface area contributed by atoms with Crippen LogP contribution in [0.5, 0.6) is 0 Å². The summed E-state index contributed by atoms with van der Waals surface area (Å²) in [6.07, 6.45) is 5.42. The molecule has 1 saturated heterocycles. The lowest BCUT2D eigenvalue weighted by molar-refractivity contribution is -0.143. The number of carboxylic acid groups (broad SMARTS) is 1. The third-order valence-electron chi connectivity index (χ3n) is 3.58. The Morgan fingerprint density at radius 1 is 1.45 bits per heavy atom. The Hall–Kier alpha value is -1.52. The van der Waals surface area contributed by atoms with Crippen LogP contribution in [0.4, 0.5) is 4.79 Å². The summed E-state index contributed by atoms with van der Waals surface area (Å²) in [4.78, 5) is 24.7. The van der Waals surface area contributed by atoms with E-state index >= 15 is 0 Å². The Labute approximate surface area is 121 Å². The van der Waals surface area contributed by atoms with Gasteiger partial charge in [0.25, 0.3) is 0 Å². The smallest absolute Gasteiger partial charge is 0.317 e. The van der Waals surface area contributed by atoms with E-state index in [1.807, 2.05) is 6.92 Å². The van der Waals surface area contributed by atoms with E-state index in [0.717, 1.165) is 19.3 Å².